The van der Waals surface area contributed by atoms with Crippen LogP contribution >= 0.6 is 11.8 Å². The molecule has 0 saturated carbocycles. The van der Waals surface area contributed by atoms with Crippen molar-refractivity contribution in [3.05, 3.63) is 29.6 Å². The third-order valence-corrected chi connectivity index (χ3v) is 3.25. The molecule has 0 aliphatic rings. The highest BCUT2D eigenvalue weighted by molar-refractivity contribution is 7.99. The Morgan fingerprint density at radius 2 is 2.27 bits per heavy atom. The summed E-state index contributed by atoms with van der Waals surface area (Å²) in [5.41, 5.74) is 6.59. The van der Waals surface area contributed by atoms with Gasteiger partial charge in [0.1, 0.15) is 5.82 Å². The largest absolute Gasteiger partial charge is 0.396 e. The Bertz CT molecular complexity index is 317. The van der Waals surface area contributed by atoms with Crippen molar-refractivity contribution in [2.75, 3.05) is 12.4 Å². The van der Waals surface area contributed by atoms with Gasteiger partial charge in [-0.25, -0.2) is 4.39 Å². The minimum atomic E-state index is -0.229. The zero-order chi connectivity index (χ0) is 11.3. The molecule has 0 aromatic heterocycles. The molecule has 0 aliphatic carbocycles. The van der Waals surface area contributed by atoms with Crippen molar-refractivity contribution >= 4 is 11.8 Å². The molecule has 0 aliphatic heterocycles. The van der Waals surface area contributed by atoms with E-state index in [1.54, 1.807) is 6.07 Å². The molecule has 84 valence electrons. The Morgan fingerprint density at radius 1 is 1.53 bits per heavy atom. The zero-order valence-corrected chi connectivity index (χ0v) is 9.56. The molecule has 0 bridgehead atoms. The van der Waals surface area contributed by atoms with Crippen LogP contribution < -0.4 is 5.73 Å². The van der Waals surface area contributed by atoms with Gasteiger partial charge in [0.2, 0.25) is 0 Å². The monoisotopic (exact) mass is 229 g/mol. The molecule has 1 atom stereocenters. The Labute approximate surface area is 93.7 Å². The van der Waals surface area contributed by atoms with Crippen LogP contribution in [0.2, 0.25) is 0 Å². The maximum absolute atomic E-state index is 13.5. The number of aliphatic hydroxyl groups excluding tert-OH is 1. The minimum Gasteiger partial charge on any atom is -0.396 e. The normalized spacial score (nSPS) is 12.8. The molecule has 0 heterocycles. The number of thioether (sulfide) groups is 1. The Morgan fingerprint density at radius 3 is 2.87 bits per heavy atom. The lowest BCUT2D eigenvalue weighted by atomic mass is 10.1. The number of rotatable bonds is 5. The SMILES string of the molecule is CC(N)c1cccc(F)c1SCCCO. The van der Waals surface area contributed by atoms with Gasteiger partial charge in [0.05, 0.1) is 0 Å². The van der Waals surface area contributed by atoms with Gasteiger partial charge in [-0.05, 0) is 25.0 Å². The molecular formula is C11H16FNOS. The first-order chi connectivity index (χ1) is 7.16. The summed E-state index contributed by atoms with van der Waals surface area (Å²) in [6.45, 7) is 1.97. The van der Waals surface area contributed by atoms with Crippen LogP contribution in [0.5, 0.6) is 0 Å². The fraction of sp³-hybridized carbons (Fsp3) is 0.455. The molecule has 1 rings (SSSR count). The van der Waals surface area contributed by atoms with Gasteiger partial charge in [0, 0.05) is 23.3 Å². The predicted molar refractivity (Wildman–Crippen MR) is 61.4 cm³/mol. The molecule has 1 unspecified atom stereocenters. The van der Waals surface area contributed by atoms with Gasteiger partial charge >= 0.3 is 0 Å². The van der Waals surface area contributed by atoms with Crippen LogP contribution in [-0.2, 0) is 0 Å². The Kier molecular flexibility index (Phi) is 5.08. The van der Waals surface area contributed by atoms with E-state index in [0.717, 1.165) is 5.56 Å². The predicted octanol–water partition coefficient (Wildman–Crippen LogP) is 2.32. The van der Waals surface area contributed by atoms with Gasteiger partial charge in [0.15, 0.2) is 0 Å². The van der Waals surface area contributed by atoms with Gasteiger partial charge in [-0.3, -0.25) is 0 Å². The molecule has 0 spiro atoms. The standard InChI is InChI=1S/C11H16FNOS/c1-8(13)9-4-2-5-10(12)11(9)15-7-3-6-14/h2,4-5,8,14H,3,6-7,13H2,1H3. The molecule has 15 heavy (non-hydrogen) atoms. The van der Waals surface area contributed by atoms with Crippen LogP contribution in [0.25, 0.3) is 0 Å². The van der Waals surface area contributed by atoms with Crippen molar-refractivity contribution in [2.24, 2.45) is 5.73 Å². The summed E-state index contributed by atoms with van der Waals surface area (Å²) in [5.74, 6) is 0.477. The number of benzene rings is 1. The number of aliphatic hydroxyl groups is 1. The maximum Gasteiger partial charge on any atom is 0.137 e. The Balaban J connectivity index is 2.82. The first-order valence-corrected chi connectivity index (χ1v) is 5.93. The van der Waals surface area contributed by atoms with Crippen molar-refractivity contribution in [2.45, 2.75) is 24.3 Å². The molecule has 1 aromatic rings. The van der Waals surface area contributed by atoms with E-state index in [-0.39, 0.29) is 18.5 Å². The van der Waals surface area contributed by atoms with Gasteiger partial charge < -0.3 is 10.8 Å². The highest BCUT2D eigenvalue weighted by Crippen LogP contribution is 2.29. The van der Waals surface area contributed by atoms with Crippen molar-refractivity contribution in [3.63, 3.8) is 0 Å². The van der Waals surface area contributed by atoms with E-state index in [0.29, 0.717) is 17.1 Å². The first kappa shape index (κ1) is 12.5. The topological polar surface area (TPSA) is 46.2 Å². The molecular weight excluding hydrogens is 213 g/mol. The van der Waals surface area contributed by atoms with E-state index < -0.39 is 0 Å². The van der Waals surface area contributed by atoms with Gasteiger partial charge in [-0.2, -0.15) is 0 Å². The highest BCUT2D eigenvalue weighted by Gasteiger charge is 2.11. The number of hydrogen-bond acceptors (Lipinski definition) is 3. The van der Waals surface area contributed by atoms with Crippen LogP contribution in [-0.4, -0.2) is 17.5 Å². The van der Waals surface area contributed by atoms with E-state index >= 15 is 0 Å². The smallest absolute Gasteiger partial charge is 0.137 e. The van der Waals surface area contributed by atoms with Crippen molar-refractivity contribution < 1.29 is 9.50 Å². The molecule has 1 aromatic carbocycles. The Hall–Kier alpha value is -0.580. The summed E-state index contributed by atoms with van der Waals surface area (Å²) in [6, 6.07) is 4.78. The summed E-state index contributed by atoms with van der Waals surface area (Å²) >= 11 is 1.41. The average molecular weight is 229 g/mol. The van der Waals surface area contributed by atoms with Crippen LogP contribution in [0.4, 0.5) is 4.39 Å². The van der Waals surface area contributed by atoms with E-state index in [1.807, 2.05) is 13.0 Å². The summed E-state index contributed by atoms with van der Waals surface area (Å²) in [5, 5.41) is 8.66. The number of halogens is 1. The third kappa shape index (κ3) is 3.48. The lowest BCUT2D eigenvalue weighted by Gasteiger charge is -2.12. The third-order valence-electron chi connectivity index (χ3n) is 2.04. The number of hydrogen-bond donors (Lipinski definition) is 2. The highest BCUT2D eigenvalue weighted by atomic mass is 32.2. The minimum absolute atomic E-state index is 0.134. The van der Waals surface area contributed by atoms with Crippen LogP contribution in [0.3, 0.4) is 0 Å². The lowest BCUT2D eigenvalue weighted by Crippen LogP contribution is -2.07. The average Bonchev–Trinajstić information content (AvgIpc) is 2.20. The zero-order valence-electron chi connectivity index (χ0n) is 8.74. The number of nitrogens with two attached hydrogens (primary N) is 1. The van der Waals surface area contributed by atoms with Crippen LogP contribution in [0, 0.1) is 5.82 Å². The molecule has 0 amide bonds. The van der Waals surface area contributed by atoms with E-state index in [9.17, 15) is 4.39 Å². The fourth-order valence-electron chi connectivity index (χ4n) is 1.28. The second-order valence-electron chi connectivity index (χ2n) is 3.37. The van der Waals surface area contributed by atoms with E-state index in [1.165, 1.54) is 17.8 Å². The second kappa shape index (κ2) is 6.10. The van der Waals surface area contributed by atoms with Crippen molar-refractivity contribution in [3.8, 4) is 0 Å². The fourth-order valence-corrected chi connectivity index (χ4v) is 2.38. The molecule has 0 radical (unpaired) electrons. The quantitative estimate of drug-likeness (QED) is 0.601. The van der Waals surface area contributed by atoms with Crippen LogP contribution in [0.15, 0.2) is 23.1 Å². The molecule has 3 N–H and O–H groups in total. The molecule has 4 heteroatoms. The maximum atomic E-state index is 13.5. The van der Waals surface area contributed by atoms with Gasteiger partial charge in [0.25, 0.3) is 0 Å². The second-order valence-corrected chi connectivity index (χ2v) is 4.48. The van der Waals surface area contributed by atoms with E-state index in [2.05, 4.69) is 0 Å². The summed E-state index contributed by atoms with van der Waals surface area (Å²) < 4.78 is 13.5. The van der Waals surface area contributed by atoms with Crippen molar-refractivity contribution in [1.29, 1.82) is 0 Å². The first-order valence-electron chi connectivity index (χ1n) is 4.94. The summed E-state index contributed by atoms with van der Waals surface area (Å²) in [6.07, 6.45) is 0.664. The molecule has 2 nitrogen and oxygen atoms in total. The summed E-state index contributed by atoms with van der Waals surface area (Å²) in [7, 11) is 0. The lowest BCUT2D eigenvalue weighted by molar-refractivity contribution is 0.296. The van der Waals surface area contributed by atoms with Gasteiger partial charge in [-0.1, -0.05) is 12.1 Å². The van der Waals surface area contributed by atoms with Crippen molar-refractivity contribution in [1.82, 2.24) is 0 Å². The van der Waals surface area contributed by atoms with Crippen LogP contribution in [0.1, 0.15) is 24.9 Å². The van der Waals surface area contributed by atoms with Gasteiger partial charge in [-0.15, -0.1) is 11.8 Å². The summed E-state index contributed by atoms with van der Waals surface area (Å²) in [4.78, 5) is 0.612. The molecule has 0 fully saturated rings. The van der Waals surface area contributed by atoms with E-state index in [4.69, 9.17) is 10.8 Å². The molecule has 0 saturated heterocycles.